The Balaban J connectivity index is 0.00000486. The van der Waals surface area contributed by atoms with Gasteiger partial charge in [0.2, 0.25) is 5.95 Å². The van der Waals surface area contributed by atoms with Crippen molar-refractivity contribution in [1.82, 2.24) is 15.0 Å². The van der Waals surface area contributed by atoms with Crippen LogP contribution in [0, 0.1) is 0 Å². The van der Waals surface area contributed by atoms with Crippen LogP contribution in [0.4, 0.5) is 23.0 Å². The van der Waals surface area contributed by atoms with Gasteiger partial charge in [0.1, 0.15) is 20.8 Å². The predicted octanol–water partition coefficient (Wildman–Crippen LogP) is -5.59. The molecule has 0 aliphatic carbocycles. The van der Waals surface area contributed by atoms with E-state index in [-0.39, 0.29) is 157 Å². The summed E-state index contributed by atoms with van der Waals surface area (Å²) in [6.45, 7) is 0. The number of aromatic nitrogens is 3. The summed E-state index contributed by atoms with van der Waals surface area (Å²) < 4.78 is 139. The normalized spacial score (nSPS) is 12.1. The molecular weight excluding hydrogens is 866 g/mol. The van der Waals surface area contributed by atoms with Crippen LogP contribution in [0.5, 0.6) is 5.75 Å². The molecule has 1 aromatic heterocycles. The molecule has 0 aliphatic rings. The van der Waals surface area contributed by atoms with Crippen molar-refractivity contribution < 1.29 is 145 Å². The summed E-state index contributed by atoms with van der Waals surface area (Å²) in [6, 6.07) is 9.94. The Morgan fingerprint density at radius 2 is 1.26 bits per heavy atom. The average molecular weight is 891 g/mol. The number of nitrogens with one attached hydrogen (secondary N) is 1. The van der Waals surface area contributed by atoms with Crippen LogP contribution in [-0.4, -0.2) is 97.0 Å². The standard InChI is InChI=1S/C26H28N6O13S6.3Na/c1-45-22-14-18(32-31-17-5-4-16-12-19(50(39,40)41)15-23(20(16)13-17)51(42,43)44)6-7-21(22)27-24-28-25(46-8-2-10-48(33,34)35)30-26(29-24)47-9-3-11-49(36,37)38;;;/h4-7,12-15H,2-3,8-11H2,1H3,(H,33,34,35)(H,36,37,38)(H,39,40,41)(H,42,43,44)(H,27,28,29,30);;;/q;3*+1/p-3. The van der Waals surface area contributed by atoms with Gasteiger partial charge in [-0.3, -0.25) is 4.55 Å². The van der Waals surface area contributed by atoms with E-state index in [0.717, 1.165) is 29.6 Å². The number of azo groups is 1. The van der Waals surface area contributed by atoms with E-state index in [2.05, 4.69) is 30.5 Å². The monoisotopic (exact) mass is 890 g/mol. The third-order valence-corrected chi connectivity index (χ3v) is 11.4. The second-order valence-corrected chi connectivity index (χ2v) is 18.1. The summed E-state index contributed by atoms with van der Waals surface area (Å²) in [5, 5.41) is 11.4. The maximum Gasteiger partial charge on any atom is 1.00 e. The number of methoxy groups -OCH3 is 1. The molecule has 0 spiro atoms. The van der Waals surface area contributed by atoms with Gasteiger partial charge in [-0.15, -0.1) is 0 Å². The number of rotatable bonds is 17. The van der Waals surface area contributed by atoms with Gasteiger partial charge in [0.15, 0.2) is 10.3 Å². The Labute approximate surface area is 386 Å². The van der Waals surface area contributed by atoms with Gasteiger partial charge in [-0.2, -0.15) is 33.6 Å². The minimum atomic E-state index is -5.04. The van der Waals surface area contributed by atoms with Crippen molar-refractivity contribution in [3.63, 3.8) is 0 Å². The maximum atomic E-state index is 12.0. The van der Waals surface area contributed by atoms with Gasteiger partial charge in [-0.05, 0) is 54.6 Å². The average Bonchev–Trinajstić information content (AvgIpc) is 3.02. The van der Waals surface area contributed by atoms with Crippen molar-refractivity contribution in [3.05, 3.63) is 48.5 Å². The minimum absolute atomic E-state index is 0. The van der Waals surface area contributed by atoms with Crippen LogP contribution < -0.4 is 98.7 Å². The second-order valence-electron chi connectivity index (χ2n) is 10.1. The molecule has 4 rings (SSSR count). The van der Waals surface area contributed by atoms with Gasteiger partial charge in [-0.1, -0.05) is 29.6 Å². The minimum Gasteiger partial charge on any atom is -0.748 e. The third-order valence-electron chi connectivity index (χ3n) is 6.29. The van der Waals surface area contributed by atoms with Crippen molar-refractivity contribution in [2.45, 2.75) is 32.9 Å². The molecule has 0 fully saturated rings. The Morgan fingerprint density at radius 3 is 1.74 bits per heavy atom. The predicted molar refractivity (Wildman–Crippen MR) is 182 cm³/mol. The number of nitrogens with zero attached hydrogens (tertiary/aromatic N) is 5. The molecule has 19 nitrogen and oxygen atoms in total. The van der Waals surface area contributed by atoms with E-state index in [1.54, 1.807) is 0 Å². The Morgan fingerprint density at radius 1 is 0.741 bits per heavy atom. The molecule has 276 valence electrons. The fourth-order valence-corrected chi connectivity index (χ4v) is 8.41. The second kappa shape index (κ2) is 22.0. The van der Waals surface area contributed by atoms with Gasteiger partial charge in [0.05, 0.1) is 49.3 Å². The SMILES string of the molecule is COc1cc(N=Nc2ccc3cc(S(=O)(=O)[O-])cc(S(=O)(=O)O)c3c2)ccc1Nc1nc(SCCCS(=O)(=O)[O-])nc(SCCCS(=O)(=O)[O-])n1.[Na+].[Na+].[Na+]. The molecule has 0 aliphatic heterocycles. The first kappa shape index (κ1) is 51.5. The number of benzene rings is 3. The molecule has 2 N–H and O–H groups in total. The van der Waals surface area contributed by atoms with Gasteiger partial charge in [0.25, 0.3) is 10.1 Å². The molecule has 0 atom stereocenters. The van der Waals surface area contributed by atoms with Crippen LogP contribution in [-0.2, 0) is 40.5 Å². The third kappa shape index (κ3) is 16.8. The van der Waals surface area contributed by atoms with Crippen LogP contribution in [0.1, 0.15) is 12.8 Å². The summed E-state index contributed by atoms with van der Waals surface area (Å²) in [6.07, 6.45) is 0.0679. The van der Waals surface area contributed by atoms with Crippen molar-refractivity contribution >= 4 is 97.8 Å². The number of hydrogen-bond acceptors (Lipinski definition) is 20. The smallest absolute Gasteiger partial charge is 0.748 e. The molecule has 4 aromatic rings. The fourth-order valence-electron chi connectivity index (χ4n) is 4.11. The van der Waals surface area contributed by atoms with E-state index in [9.17, 15) is 51.9 Å². The number of thioether (sulfide) groups is 2. The zero-order chi connectivity index (χ0) is 37.6. The Bertz CT molecular complexity index is 2370. The summed E-state index contributed by atoms with van der Waals surface area (Å²) in [5.74, 6) is -0.535. The molecule has 0 saturated heterocycles. The first-order valence-corrected chi connectivity index (χ1v) is 21.9. The van der Waals surface area contributed by atoms with Crippen molar-refractivity contribution in [1.29, 1.82) is 0 Å². The van der Waals surface area contributed by atoms with Crippen LogP contribution in [0.15, 0.2) is 78.9 Å². The van der Waals surface area contributed by atoms with E-state index in [0.29, 0.717) is 11.8 Å². The first-order valence-electron chi connectivity index (χ1n) is 14.0. The Hall–Kier alpha value is -0.530. The molecule has 0 unspecified atom stereocenters. The number of fused-ring (bicyclic) bond motifs is 1. The fraction of sp³-hybridized carbons (Fsp3) is 0.269. The molecule has 0 saturated carbocycles. The Kier molecular flexibility index (Phi) is 21.0. The maximum absolute atomic E-state index is 12.0. The summed E-state index contributed by atoms with van der Waals surface area (Å²) in [4.78, 5) is 11.2. The molecule has 0 bridgehead atoms. The topological polar surface area (TPSA) is 311 Å². The van der Waals surface area contributed by atoms with Gasteiger partial charge >= 0.3 is 88.7 Å². The van der Waals surface area contributed by atoms with Crippen LogP contribution in [0.25, 0.3) is 10.8 Å². The number of anilines is 2. The largest absolute Gasteiger partial charge is 1.00 e. The van der Waals surface area contributed by atoms with Crippen molar-refractivity contribution in [2.24, 2.45) is 10.2 Å². The molecule has 54 heavy (non-hydrogen) atoms. The zero-order valence-corrected chi connectivity index (χ0v) is 39.8. The van der Waals surface area contributed by atoms with Crippen molar-refractivity contribution in [2.75, 3.05) is 35.4 Å². The van der Waals surface area contributed by atoms with E-state index >= 15 is 0 Å². The number of hydrogen-bond donors (Lipinski definition) is 2. The summed E-state index contributed by atoms with van der Waals surface area (Å²) in [5.41, 5.74) is 0.703. The van der Waals surface area contributed by atoms with E-state index < -0.39 is 61.8 Å². The zero-order valence-electron chi connectivity index (χ0n) is 28.9. The van der Waals surface area contributed by atoms with E-state index in [1.165, 1.54) is 43.5 Å². The first-order chi connectivity index (χ1) is 23.7. The van der Waals surface area contributed by atoms with Gasteiger partial charge in [0, 0.05) is 34.5 Å². The molecule has 0 amide bonds. The van der Waals surface area contributed by atoms with Gasteiger partial charge in [-0.25, -0.2) is 25.3 Å². The quantitative estimate of drug-likeness (QED) is 0.0328. The van der Waals surface area contributed by atoms with Gasteiger partial charge < -0.3 is 23.7 Å². The van der Waals surface area contributed by atoms with Crippen molar-refractivity contribution in [3.8, 4) is 5.75 Å². The molecule has 1 heterocycles. The molecule has 3 aromatic carbocycles. The van der Waals surface area contributed by atoms with Crippen LogP contribution in [0.2, 0.25) is 0 Å². The van der Waals surface area contributed by atoms with E-state index in [4.69, 9.17) is 4.74 Å². The van der Waals surface area contributed by atoms with Crippen LogP contribution in [0.3, 0.4) is 0 Å². The summed E-state index contributed by atoms with van der Waals surface area (Å²) >= 11 is 2.11. The molecule has 0 radical (unpaired) electrons. The number of ether oxygens (including phenoxy) is 1. The molecule has 28 heteroatoms. The van der Waals surface area contributed by atoms with Crippen LogP contribution >= 0.6 is 23.5 Å². The summed E-state index contributed by atoms with van der Waals surface area (Å²) in [7, 11) is -17.4. The molecular formula is C26H25N6Na3O13S6. The van der Waals surface area contributed by atoms with E-state index in [1.807, 2.05) is 0 Å².